The molecule has 4 N–H and O–H groups in total. The van der Waals surface area contributed by atoms with Crippen LogP contribution in [0.1, 0.15) is 15.9 Å². The number of nitrogen functional groups attached to an aromatic ring is 1. The Morgan fingerprint density at radius 3 is 2.36 bits per heavy atom. The van der Waals surface area contributed by atoms with Crippen molar-refractivity contribution in [2.75, 3.05) is 11.1 Å². The Bertz CT molecular complexity index is 804. The molecule has 2 aromatic rings. The second-order valence-electron chi connectivity index (χ2n) is 4.51. The lowest BCUT2D eigenvalue weighted by Gasteiger charge is -2.08. The number of anilines is 2. The zero-order valence-electron chi connectivity index (χ0n) is 11.3. The van der Waals surface area contributed by atoms with Crippen LogP contribution in [0.4, 0.5) is 11.4 Å². The van der Waals surface area contributed by atoms with Crippen LogP contribution in [-0.2, 0) is 16.0 Å². The predicted octanol–water partition coefficient (Wildman–Crippen LogP) is 2.51. The smallest absolute Gasteiger partial charge is 0.296 e. The van der Waals surface area contributed by atoms with E-state index in [0.29, 0.717) is 11.4 Å². The Balaban J connectivity index is 2.25. The molecule has 0 aliphatic carbocycles. The Morgan fingerprint density at radius 2 is 1.82 bits per heavy atom. The third kappa shape index (κ3) is 3.76. The van der Waals surface area contributed by atoms with Crippen molar-refractivity contribution in [3.05, 3.63) is 53.6 Å². The molecule has 0 saturated carbocycles. The summed E-state index contributed by atoms with van der Waals surface area (Å²) in [6.45, 7) is 0. The third-order valence-corrected chi connectivity index (χ3v) is 4.14. The van der Waals surface area contributed by atoms with E-state index in [4.69, 9.17) is 21.9 Å². The van der Waals surface area contributed by atoms with Crippen molar-refractivity contribution in [2.45, 2.75) is 10.8 Å². The summed E-state index contributed by atoms with van der Waals surface area (Å²) in [6.07, 6.45) is 0. The number of amides is 1. The zero-order chi connectivity index (χ0) is 16.3. The number of hydrogen-bond acceptors (Lipinski definition) is 4. The monoisotopic (exact) mass is 340 g/mol. The van der Waals surface area contributed by atoms with Crippen LogP contribution in [0.15, 0.2) is 47.4 Å². The molecule has 0 heterocycles. The van der Waals surface area contributed by atoms with Crippen LogP contribution in [0.2, 0.25) is 0 Å². The van der Waals surface area contributed by atoms with Gasteiger partial charge in [0.25, 0.3) is 16.0 Å². The molecule has 0 aliphatic rings. The number of alkyl halides is 1. The summed E-state index contributed by atoms with van der Waals surface area (Å²) in [7, 11) is -4.46. The molecule has 0 atom stereocenters. The van der Waals surface area contributed by atoms with Crippen molar-refractivity contribution >= 4 is 39.0 Å². The fourth-order valence-electron chi connectivity index (χ4n) is 1.78. The van der Waals surface area contributed by atoms with Gasteiger partial charge in [-0.2, -0.15) is 8.42 Å². The van der Waals surface area contributed by atoms with Crippen molar-refractivity contribution in [1.29, 1.82) is 0 Å². The van der Waals surface area contributed by atoms with Gasteiger partial charge in [0.2, 0.25) is 0 Å². The van der Waals surface area contributed by atoms with Crippen LogP contribution >= 0.6 is 11.6 Å². The Kier molecular flexibility index (Phi) is 4.70. The van der Waals surface area contributed by atoms with Crippen molar-refractivity contribution in [3.8, 4) is 0 Å². The van der Waals surface area contributed by atoms with E-state index in [2.05, 4.69) is 5.32 Å². The van der Waals surface area contributed by atoms with E-state index in [0.717, 1.165) is 11.6 Å². The van der Waals surface area contributed by atoms with Gasteiger partial charge in [-0.3, -0.25) is 9.35 Å². The van der Waals surface area contributed by atoms with Gasteiger partial charge >= 0.3 is 0 Å². The molecule has 0 saturated heterocycles. The Labute approximate surface area is 132 Å². The maximum absolute atomic E-state index is 12.1. The minimum Gasteiger partial charge on any atom is -0.398 e. The highest BCUT2D eigenvalue weighted by molar-refractivity contribution is 7.86. The molecule has 0 aliphatic heterocycles. The average Bonchev–Trinajstić information content (AvgIpc) is 2.48. The lowest BCUT2D eigenvalue weighted by Crippen LogP contribution is -2.13. The zero-order valence-corrected chi connectivity index (χ0v) is 12.9. The first-order valence-corrected chi connectivity index (χ1v) is 8.12. The summed E-state index contributed by atoms with van der Waals surface area (Å²) in [5, 5.41) is 2.53. The molecule has 0 spiro atoms. The van der Waals surface area contributed by atoms with Gasteiger partial charge < -0.3 is 11.1 Å². The number of nitrogens with two attached hydrogens (primary N) is 1. The van der Waals surface area contributed by atoms with Crippen molar-refractivity contribution < 1.29 is 17.8 Å². The number of carbonyl (C=O) groups excluding carboxylic acids is 1. The van der Waals surface area contributed by atoms with Gasteiger partial charge in [-0.25, -0.2) is 0 Å². The summed E-state index contributed by atoms with van der Waals surface area (Å²) in [5.41, 5.74) is 6.84. The molecule has 0 fully saturated rings. The molecule has 6 nitrogen and oxygen atoms in total. The Morgan fingerprint density at radius 1 is 1.18 bits per heavy atom. The molecular weight excluding hydrogens is 328 g/mol. The van der Waals surface area contributed by atoms with Crippen LogP contribution in [0.3, 0.4) is 0 Å². The lowest BCUT2D eigenvalue weighted by molar-refractivity contribution is 0.102. The molecule has 1 amide bonds. The molecular formula is C14H13ClN2O4S. The van der Waals surface area contributed by atoms with E-state index in [1.165, 1.54) is 12.1 Å². The minimum atomic E-state index is -4.46. The summed E-state index contributed by atoms with van der Waals surface area (Å²) in [4.78, 5) is 11.6. The number of hydrogen-bond donors (Lipinski definition) is 3. The van der Waals surface area contributed by atoms with Gasteiger partial charge in [0, 0.05) is 17.1 Å². The predicted molar refractivity (Wildman–Crippen MR) is 84.6 cm³/mol. The number of rotatable bonds is 4. The molecule has 0 bridgehead atoms. The molecule has 0 unspecified atom stereocenters. The van der Waals surface area contributed by atoms with Crippen LogP contribution in [-0.4, -0.2) is 18.9 Å². The van der Waals surface area contributed by atoms with Crippen molar-refractivity contribution in [2.24, 2.45) is 0 Å². The van der Waals surface area contributed by atoms with Gasteiger partial charge in [0.05, 0.1) is 5.69 Å². The van der Waals surface area contributed by atoms with Gasteiger partial charge in [0.1, 0.15) is 4.90 Å². The van der Waals surface area contributed by atoms with Crippen molar-refractivity contribution in [3.63, 3.8) is 0 Å². The molecule has 0 aromatic heterocycles. The fourth-order valence-corrected chi connectivity index (χ4v) is 2.60. The lowest BCUT2D eigenvalue weighted by atomic mass is 10.1. The van der Waals surface area contributed by atoms with E-state index < -0.39 is 20.9 Å². The standard InChI is InChI=1S/C14H13ClN2O4S/c15-8-9-1-3-10(4-2-9)14(18)17-11-5-6-12(16)13(7-11)22(19,20)21/h1-7H,8,16H2,(H,17,18)(H,19,20,21). The quantitative estimate of drug-likeness (QED) is 0.450. The van der Waals surface area contributed by atoms with E-state index in [-0.39, 0.29) is 11.4 Å². The second kappa shape index (κ2) is 6.35. The van der Waals surface area contributed by atoms with Crippen LogP contribution < -0.4 is 11.1 Å². The average molecular weight is 341 g/mol. The fraction of sp³-hybridized carbons (Fsp3) is 0.0714. The van der Waals surface area contributed by atoms with E-state index in [1.807, 2.05) is 0 Å². The molecule has 8 heteroatoms. The van der Waals surface area contributed by atoms with Crippen LogP contribution in [0, 0.1) is 0 Å². The summed E-state index contributed by atoms with van der Waals surface area (Å²) in [6, 6.07) is 10.5. The van der Waals surface area contributed by atoms with Gasteiger partial charge in [-0.05, 0) is 35.9 Å². The topological polar surface area (TPSA) is 109 Å². The van der Waals surface area contributed by atoms with E-state index in [9.17, 15) is 13.2 Å². The first kappa shape index (κ1) is 16.3. The van der Waals surface area contributed by atoms with E-state index in [1.54, 1.807) is 24.3 Å². The van der Waals surface area contributed by atoms with Crippen LogP contribution in [0.5, 0.6) is 0 Å². The molecule has 2 rings (SSSR count). The highest BCUT2D eigenvalue weighted by atomic mass is 35.5. The molecule has 22 heavy (non-hydrogen) atoms. The van der Waals surface area contributed by atoms with Crippen LogP contribution in [0.25, 0.3) is 0 Å². The second-order valence-corrected chi connectivity index (χ2v) is 6.17. The third-order valence-electron chi connectivity index (χ3n) is 2.92. The largest absolute Gasteiger partial charge is 0.398 e. The number of benzene rings is 2. The minimum absolute atomic E-state index is 0.105. The van der Waals surface area contributed by atoms with Gasteiger partial charge in [-0.15, -0.1) is 11.6 Å². The molecule has 2 aromatic carbocycles. The van der Waals surface area contributed by atoms with E-state index >= 15 is 0 Å². The molecule has 116 valence electrons. The highest BCUT2D eigenvalue weighted by Crippen LogP contribution is 2.23. The summed E-state index contributed by atoms with van der Waals surface area (Å²) >= 11 is 5.67. The summed E-state index contributed by atoms with van der Waals surface area (Å²) < 4.78 is 31.4. The highest BCUT2D eigenvalue weighted by Gasteiger charge is 2.15. The summed E-state index contributed by atoms with van der Waals surface area (Å²) in [5.74, 6) is -0.0791. The first-order chi connectivity index (χ1) is 10.3. The van der Waals surface area contributed by atoms with Crippen molar-refractivity contribution in [1.82, 2.24) is 0 Å². The normalized spacial score (nSPS) is 11.2. The Hall–Kier alpha value is -2.09. The first-order valence-electron chi connectivity index (χ1n) is 6.14. The number of carbonyl (C=O) groups is 1. The maximum Gasteiger partial charge on any atom is 0.296 e. The molecule has 0 radical (unpaired) electrons. The van der Waals surface area contributed by atoms with Gasteiger partial charge in [-0.1, -0.05) is 12.1 Å². The number of nitrogens with one attached hydrogen (secondary N) is 1. The maximum atomic E-state index is 12.1. The SMILES string of the molecule is Nc1ccc(NC(=O)c2ccc(CCl)cc2)cc1S(=O)(=O)O. The van der Waals surface area contributed by atoms with Gasteiger partial charge in [0.15, 0.2) is 0 Å². The number of halogens is 1.